The van der Waals surface area contributed by atoms with Crippen LogP contribution in [0, 0.1) is 0 Å². The van der Waals surface area contributed by atoms with Crippen LogP contribution in [0.1, 0.15) is 46.6 Å². The van der Waals surface area contributed by atoms with E-state index in [4.69, 9.17) is 23.4 Å². The van der Waals surface area contributed by atoms with Crippen molar-refractivity contribution < 1.29 is 37.7 Å². The molecule has 1 N–H and O–H groups in total. The maximum Gasteiger partial charge on any atom is 0.292 e. The molecule has 2 atom stereocenters. The second-order valence-electron chi connectivity index (χ2n) is 9.67. The summed E-state index contributed by atoms with van der Waals surface area (Å²) in [5.74, 6) is 0.470. The maximum atomic E-state index is 13.5. The fourth-order valence-electron chi connectivity index (χ4n) is 5.49. The van der Waals surface area contributed by atoms with Gasteiger partial charge in [-0.2, -0.15) is 0 Å². The molecule has 4 aliphatic heterocycles. The van der Waals surface area contributed by atoms with E-state index in [2.05, 4.69) is 5.32 Å². The zero-order valence-electron chi connectivity index (χ0n) is 20.4. The van der Waals surface area contributed by atoms with E-state index in [1.54, 1.807) is 35.2 Å². The SMILES string of the molecule is O=C(NCC1CCCO1)C1COC2(CCN(C(=O)c3ccc4c(c3)OCO4)CC2)N1C(=O)c1ccco1. The molecule has 1 aromatic heterocycles. The van der Waals surface area contributed by atoms with Crippen LogP contribution in [0.3, 0.4) is 0 Å². The molecular formula is C26H29N3O8. The number of likely N-dealkylation sites (tertiary alicyclic amines) is 1. The third-order valence-corrected chi connectivity index (χ3v) is 7.49. The number of piperidine rings is 1. The third-order valence-electron chi connectivity index (χ3n) is 7.49. The van der Waals surface area contributed by atoms with Gasteiger partial charge in [0, 0.05) is 44.6 Å². The third kappa shape index (κ3) is 4.42. The lowest BCUT2D eigenvalue weighted by molar-refractivity contribution is -0.128. The number of hydrogen-bond donors (Lipinski definition) is 1. The molecule has 0 saturated carbocycles. The highest BCUT2D eigenvalue weighted by Gasteiger charge is 2.54. The molecule has 1 aromatic carbocycles. The Morgan fingerprint density at radius 3 is 2.65 bits per heavy atom. The average Bonchev–Trinajstić information content (AvgIpc) is 3.74. The molecule has 196 valence electrons. The van der Waals surface area contributed by atoms with Gasteiger partial charge in [-0.15, -0.1) is 0 Å². The molecule has 2 aromatic rings. The first-order valence-electron chi connectivity index (χ1n) is 12.6. The number of carbonyl (C=O) groups is 3. The highest BCUT2D eigenvalue weighted by molar-refractivity contribution is 5.97. The molecule has 0 radical (unpaired) electrons. The highest BCUT2D eigenvalue weighted by atomic mass is 16.7. The Labute approximate surface area is 213 Å². The summed E-state index contributed by atoms with van der Waals surface area (Å²) in [5, 5.41) is 2.93. The van der Waals surface area contributed by atoms with Crippen LogP contribution in [0.2, 0.25) is 0 Å². The van der Waals surface area contributed by atoms with Crippen LogP contribution in [0.15, 0.2) is 41.0 Å². The molecule has 3 saturated heterocycles. The number of amides is 3. The molecule has 0 aliphatic carbocycles. The lowest BCUT2D eigenvalue weighted by atomic mass is 9.96. The Morgan fingerprint density at radius 1 is 1.05 bits per heavy atom. The van der Waals surface area contributed by atoms with Crippen molar-refractivity contribution in [2.24, 2.45) is 0 Å². The zero-order chi connectivity index (χ0) is 25.4. The summed E-state index contributed by atoms with van der Waals surface area (Å²) in [5.41, 5.74) is -0.510. The number of nitrogens with one attached hydrogen (secondary N) is 1. The minimum atomic E-state index is -1.01. The topological polar surface area (TPSA) is 120 Å². The normalized spacial score (nSPS) is 24.0. The largest absolute Gasteiger partial charge is 0.459 e. The first-order chi connectivity index (χ1) is 18.0. The molecule has 5 heterocycles. The first kappa shape index (κ1) is 23.8. The van der Waals surface area contributed by atoms with E-state index >= 15 is 0 Å². The van der Waals surface area contributed by atoms with Gasteiger partial charge in [0.25, 0.3) is 11.8 Å². The van der Waals surface area contributed by atoms with E-state index in [0.29, 0.717) is 56.1 Å². The van der Waals surface area contributed by atoms with Crippen molar-refractivity contribution in [3.8, 4) is 11.5 Å². The maximum absolute atomic E-state index is 13.5. The number of fused-ring (bicyclic) bond motifs is 1. The van der Waals surface area contributed by atoms with Gasteiger partial charge in [-0.3, -0.25) is 19.3 Å². The Morgan fingerprint density at radius 2 is 1.89 bits per heavy atom. The van der Waals surface area contributed by atoms with Crippen LogP contribution in [0.5, 0.6) is 11.5 Å². The Hall–Kier alpha value is -3.57. The van der Waals surface area contributed by atoms with Gasteiger partial charge in [-0.05, 0) is 43.2 Å². The summed E-state index contributed by atoms with van der Waals surface area (Å²) in [7, 11) is 0. The minimum absolute atomic E-state index is 0.0140. The van der Waals surface area contributed by atoms with Crippen molar-refractivity contribution in [3.63, 3.8) is 0 Å². The summed E-state index contributed by atoms with van der Waals surface area (Å²) < 4.78 is 27.9. The summed E-state index contributed by atoms with van der Waals surface area (Å²) in [6, 6.07) is 7.53. The summed E-state index contributed by atoms with van der Waals surface area (Å²) in [6.45, 7) is 2.01. The number of benzene rings is 1. The summed E-state index contributed by atoms with van der Waals surface area (Å²) >= 11 is 0. The quantitative estimate of drug-likeness (QED) is 0.645. The molecular weight excluding hydrogens is 482 g/mol. The number of carbonyl (C=O) groups excluding carboxylic acids is 3. The van der Waals surface area contributed by atoms with Gasteiger partial charge >= 0.3 is 0 Å². The fourth-order valence-corrected chi connectivity index (χ4v) is 5.49. The average molecular weight is 512 g/mol. The van der Waals surface area contributed by atoms with Crippen molar-refractivity contribution in [1.29, 1.82) is 0 Å². The Kier molecular flexibility index (Phi) is 6.25. The van der Waals surface area contributed by atoms with Crippen molar-refractivity contribution in [2.75, 3.05) is 39.6 Å². The number of ether oxygens (including phenoxy) is 4. The molecule has 1 spiro atoms. The molecule has 3 amide bonds. The predicted molar refractivity (Wildman–Crippen MR) is 127 cm³/mol. The molecule has 11 nitrogen and oxygen atoms in total. The van der Waals surface area contributed by atoms with E-state index in [-0.39, 0.29) is 37.1 Å². The molecule has 4 aliphatic rings. The number of hydrogen-bond acceptors (Lipinski definition) is 8. The van der Waals surface area contributed by atoms with Gasteiger partial charge in [0.1, 0.15) is 11.8 Å². The van der Waals surface area contributed by atoms with Crippen LogP contribution in [-0.2, 0) is 14.3 Å². The molecule has 2 unspecified atom stereocenters. The molecule has 6 rings (SSSR count). The van der Waals surface area contributed by atoms with E-state index < -0.39 is 17.7 Å². The smallest absolute Gasteiger partial charge is 0.292 e. The number of furan rings is 1. The standard InChI is InChI=1S/C26H29N3O8/c30-23(27-14-18-3-1-11-33-18)19-15-37-26(29(19)25(32)21-4-2-12-34-21)7-9-28(10-8-26)24(31)17-5-6-20-22(13-17)36-16-35-20/h2,4-6,12-13,18-19H,1,3,7-11,14-16H2,(H,27,30). The van der Waals surface area contributed by atoms with E-state index in [9.17, 15) is 14.4 Å². The molecule has 37 heavy (non-hydrogen) atoms. The van der Waals surface area contributed by atoms with Gasteiger partial charge in [0.05, 0.1) is 19.0 Å². The second-order valence-corrected chi connectivity index (χ2v) is 9.67. The Balaban J connectivity index is 1.17. The summed E-state index contributed by atoms with van der Waals surface area (Å²) in [6.07, 6.45) is 4.01. The summed E-state index contributed by atoms with van der Waals surface area (Å²) in [4.78, 5) is 43.2. The number of rotatable bonds is 5. The van der Waals surface area contributed by atoms with Crippen molar-refractivity contribution >= 4 is 17.7 Å². The second kappa shape index (κ2) is 9.71. The fraction of sp³-hybridized carbons (Fsp3) is 0.500. The van der Waals surface area contributed by atoms with Crippen molar-refractivity contribution in [2.45, 2.75) is 43.6 Å². The van der Waals surface area contributed by atoms with Gasteiger partial charge in [-0.1, -0.05) is 0 Å². The molecule has 3 fully saturated rings. The van der Waals surface area contributed by atoms with E-state index in [0.717, 1.165) is 12.8 Å². The van der Waals surface area contributed by atoms with E-state index in [1.165, 1.54) is 11.2 Å². The van der Waals surface area contributed by atoms with Crippen LogP contribution >= 0.6 is 0 Å². The molecule has 0 bridgehead atoms. The van der Waals surface area contributed by atoms with Crippen LogP contribution < -0.4 is 14.8 Å². The van der Waals surface area contributed by atoms with Gasteiger partial charge in [0.15, 0.2) is 17.3 Å². The zero-order valence-corrected chi connectivity index (χ0v) is 20.4. The number of nitrogens with zero attached hydrogens (tertiary/aromatic N) is 2. The Bertz CT molecular complexity index is 1170. The highest BCUT2D eigenvalue weighted by Crippen LogP contribution is 2.39. The van der Waals surface area contributed by atoms with Gasteiger partial charge < -0.3 is 33.6 Å². The lowest BCUT2D eigenvalue weighted by Crippen LogP contribution is -2.60. The van der Waals surface area contributed by atoms with Crippen LogP contribution in [0.25, 0.3) is 0 Å². The predicted octanol–water partition coefficient (Wildman–Crippen LogP) is 1.78. The van der Waals surface area contributed by atoms with Crippen LogP contribution in [-0.4, -0.2) is 85.0 Å². The minimum Gasteiger partial charge on any atom is -0.459 e. The van der Waals surface area contributed by atoms with Crippen LogP contribution in [0.4, 0.5) is 0 Å². The molecule has 11 heteroatoms. The van der Waals surface area contributed by atoms with Gasteiger partial charge in [-0.25, -0.2) is 0 Å². The first-order valence-corrected chi connectivity index (χ1v) is 12.6. The van der Waals surface area contributed by atoms with E-state index in [1.807, 2.05) is 0 Å². The van der Waals surface area contributed by atoms with Gasteiger partial charge in [0.2, 0.25) is 12.7 Å². The van der Waals surface area contributed by atoms with Crippen molar-refractivity contribution in [3.05, 3.63) is 47.9 Å². The monoisotopic (exact) mass is 511 g/mol. The lowest BCUT2D eigenvalue weighted by Gasteiger charge is -2.44. The van der Waals surface area contributed by atoms with Crippen molar-refractivity contribution in [1.82, 2.24) is 15.1 Å².